The van der Waals surface area contributed by atoms with Crippen LogP contribution in [0.2, 0.25) is 0 Å². The van der Waals surface area contributed by atoms with E-state index in [1.54, 1.807) is 6.07 Å². The van der Waals surface area contributed by atoms with Crippen LogP contribution in [-0.2, 0) is 9.53 Å². The molecule has 6 heteroatoms. The fraction of sp³-hybridized carbons (Fsp3) is 0.300. The van der Waals surface area contributed by atoms with E-state index in [9.17, 15) is 4.79 Å². The van der Waals surface area contributed by atoms with E-state index in [1.165, 1.54) is 11.1 Å². The van der Waals surface area contributed by atoms with Crippen LogP contribution < -0.4 is 10.6 Å². The lowest BCUT2D eigenvalue weighted by molar-refractivity contribution is -0.125. The first-order valence-electron chi connectivity index (χ1n) is 4.76. The number of aromatic nitrogens is 1. The van der Waals surface area contributed by atoms with Crippen molar-refractivity contribution in [3.05, 3.63) is 17.8 Å². The Hall–Kier alpha value is -2.13. The Balaban J connectivity index is 2.33. The molecule has 1 aromatic rings. The van der Waals surface area contributed by atoms with E-state index in [0.717, 1.165) is 0 Å². The van der Waals surface area contributed by atoms with E-state index in [1.807, 2.05) is 6.07 Å². The van der Waals surface area contributed by atoms with Crippen LogP contribution in [0.5, 0.6) is 0 Å². The van der Waals surface area contributed by atoms with E-state index in [2.05, 4.69) is 4.98 Å². The van der Waals surface area contributed by atoms with Crippen LogP contribution in [0.1, 0.15) is 5.56 Å². The summed E-state index contributed by atoms with van der Waals surface area (Å²) in [6.45, 7) is 1.01. The maximum absolute atomic E-state index is 11.5. The first kappa shape index (κ1) is 10.4. The number of amides is 1. The number of carbonyl (C=O) groups excluding carboxylic acids is 1. The molecule has 1 saturated heterocycles. The van der Waals surface area contributed by atoms with Gasteiger partial charge in [0.25, 0.3) is 5.91 Å². The van der Waals surface area contributed by atoms with Crippen molar-refractivity contribution in [3.8, 4) is 6.07 Å². The van der Waals surface area contributed by atoms with E-state index >= 15 is 0 Å². The monoisotopic (exact) mass is 218 g/mol. The summed E-state index contributed by atoms with van der Waals surface area (Å²) in [6.07, 6.45) is 1.49. The van der Waals surface area contributed by atoms with Crippen LogP contribution in [0.25, 0.3) is 0 Å². The number of hydrogen-bond donors (Lipinski definition) is 1. The molecule has 0 spiro atoms. The number of anilines is 2. The fourth-order valence-electron chi connectivity index (χ4n) is 1.49. The van der Waals surface area contributed by atoms with E-state index in [0.29, 0.717) is 18.8 Å². The molecule has 2 rings (SSSR count). The Morgan fingerprint density at radius 2 is 2.44 bits per heavy atom. The maximum atomic E-state index is 11.5. The molecular weight excluding hydrogens is 208 g/mol. The lowest BCUT2D eigenvalue weighted by atomic mass is 10.2. The molecule has 16 heavy (non-hydrogen) atoms. The molecule has 1 aromatic heterocycles. The Kier molecular flexibility index (Phi) is 2.70. The molecule has 0 unspecified atom stereocenters. The lowest BCUT2D eigenvalue weighted by Crippen LogP contribution is -2.41. The number of morpholine rings is 1. The summed E-state index contributed by atoms with van der Waals surface area (Å²) in [5.41, 5.74) is 6.36. The number of pyridine rings is 1. The van der Waals surface area contributed by atoms with Crippen molar-refractivity contribution in [1.29, 1.82) is 5.26 Å². The Labute approximate surface area is 92.2 Å². The molecular formula is C10H10N4O2. The SMILES string of the molecule is N#Cc1cc(N2CCOCC2=O)cnc1N. The van der Waals surface area contributed by atoms with Crippen molar-refractivity contribution >= 4 is 17.4 Å². The second-order valence-electron chi connectivity index (χ2n) is 3.34. The zero-order valence-corrected chi connectivity index (χ0v) is 8.51. The summed E-state index contributed by atoms with van der Waals surface area (Å²) in [5, 5.41) is 8.81. The van der Waals surface area contributed by atoms with Crippen molar-refractivity contribution in [1.82, 2.24) is 4.98 Å². The summed E-state index contributed by atoms with van der Waals surface area (Å²) in [4.78, 5) is 17.0. The van der Waals surface area contributed by atoms with Crippen LogP contribution >= 0.6 is 0 Å². The van der Waals surface area contributed by atoms with E-state index in [4.69, 9.17) is 15.7 Å². The highest BCUT2D eigenvalue weighted by Crippen LogP contribution is 2.19. The highest BCUT2D eigenvalue weighted by atomic mass is 16.5. The highest BCUT2D eigenvalue weighted by Gasteiger charge is 2.21. The van der Waals surface area contributed by atoms with Gasteiger partial charge in [0.05, 0.1) is 24.1 Å². The van der Waals surface area contributed by atoms with Gasteiger partial charge in [0.2, 0.25) is 0 Å². The third kappa shape index (κ3) is 1.81. The summed E-state index contributed by atoms with van der Waals surface area (Å²) < 4.78 is 5.01. The summed E-state index contributed by atoms with van der Waals surface area (Å²) >= 11 is 0. The number of nitriles is 1. The van der Waals surface area contributed by atoms with Gasteiger partial charge in [0, 0.05) is 6.54 Å². The minimum atomic E-state index is -0.137. The normalized spacial score (nSPS) is 15.9. The number of ether oxygens (including phenoxy) is 1. The van der Waals surface area contributed by atoms with Gasteiger partial charge in [0.1, 0.15) is 18.5 Å². The number of hydrogen-bond acceptors (Lipinski definition) is 5. The molecule has 0 atom stereocenters. The third-order valence-electron chi connectivity index (χ3n) is 2.32. The molecule has 82 valence electrons. The van der Waals surface area contributed by atoms with Gasteiger partial charge in [-0.25, -0.2) is 4.98 Å². The molecule has 2 heterocycles. The number of carbonyl (C=O) groups is 1. The number of nitrogens with two attached hydrogens (primary N) is 1. The largest absolute Gasteiger partial charge is 0.383 e. The van der Waals surface area contributed by atoms with Crippen LogP contribution in [0, 0.1) is 11.3 Å². The highest BCUT2D eigenvalue weighted by molar-refractivity contribution is 5.95. The molecule has 0 aromatic carbocycles. The predicted octanol–water partition coefficient (Wildman–Crippen LogP) is -0.101. The van der Waals surface area contributed by atoms with Gasteiger partial charge in [-0.05, 0) is 6.07 Å². The van der Waals surface area contributed by atoms with E-state index < -0.39 is 0 Å². The third-order valence-corrected chi connectivity index (χ3v) is 2.32. The number of rotatable bonds is 1. The van der Waals surface area contributed by atoms with Crippen molar-refractivity contribution < 1.29 is 9.53 Å². The van der Waals surface area contributed by atoms with Gasteiger partial charge < -0.3 is 15.4 Å². The van der Waals surface area contributed by atoms with Crippen LogP contribution in [-0.4, -0.2) is 30.6 Å². The first-order chi connectivity index (χ1) is 7.72. The Bertz CT molecular complexity index is 466. The topological polar surface area (TPSA) is 92.2 Å². The molecule has 1 amide bonds. The zero-order chi connectivity index (χ0) is 11.5. The predicted molar refractivity (Wildman–Crippen MR) is 56.5 cm³/mol. The van der Waals surface area contributed by atoms with Gasteiger partial charge in [-0.2, -0.15) is 5.26 Å². The summed E-state index contributed by atoms with van der Waals surface area (Å²) in [7, 11) is 0. The van der Waals surface area contributed by atoms with Gasteiger partial charge in [-0.1, -0.05) is 0 Å². The van der Waals surface area contributed by atoms with Crippen molar-refractivity contribution in [2.24, 2.45) is 0 Å². The zero-order valence-electron chi connectivity index (χ0n) is 8.51. The first-order valence-corrected chi connectivity index (χ1v) is 4.76. The van der Waals surface area contributed by atoms with Crippen LogP contribution in [0.3, 0.4) is 0 Å². The van der Waals surface area contributed by atoms with Gasteiger partial charge in [0.15, 0.2) is 0 Å². The van der Waals surface area contributed by atoms with Crippen molar-refractivity contribution in [2.75, 3.05) is 30.4 Å². The average molecular weight is 218 g/mol. The van der Waals surface area contributed by atoms with E-state index in [-0.39, 0.29) is 23.9 Å². The average Bonchev–Trinajstić information content (AvgIpc) is 2.31. The molecule has 0 aliphatic carbocycles. The van der Waals surface area contributed by atoms with Gasteiger partial charge in [-0.3, -0.25) is 4.79 Å². The Morgan fingerprint density at radius 3 is 3.12 bits per heavy atom. The number of nitrogens with zero attached hydrogens (tertiary/aromatic N) is 3. The second kappa shape index (κ2) is 4.16. The van der Waals surface area contributed by atoms with Crippen LogP contribution in [0.4, 0.5) is 11.5 Å². The minimum absolute atomic E-state index is 0.0618. The summed E-state index contributed by atoms with van der Waals surface area (Å²) in [5.74, 6) is 0.0358. The molecule has 6 nitrogen and oxygen atoms in total. The summed E-state index contributed by atoms with van der Waals surface area (Å²) in [6, 6.07) is 3.49. The molecule has 0 radical (unpaired) electrons. The fourth-order valence-corrected chi connectivity index (χ4v) is 1.49. The van der Waals surface area contributed by atoms with Crippen molar-refractivity contribution in [2.45, 2.75) is 0 Å². The number of nitrogen functional groups attached to an aromatic ring is 1. The molecule has 0 bridgehead atoms. The Morgan fingerprint density at radius 1 is 1.62 bits per heavy atom. The van der Waals surface area contributed by atoms with Gasteiger partial charge in [-0.15, -0.1) is 0 Å². The molecule has 0 saturated carbocycles. The molecule has 1 aliphatic rings. The standard InChI is InChI=1S/C10H10N4O2/c11-4-7-3-8(5-13-10(7)12)14-1-2-16-6-9(14)15/h3,5H,1-2,6H2,(H2,12,13). The molecule has 2 N–H and O–H groups in total. The quantitative estimate of drug-likeness (QED) is 0.710. The van der Waals surface area contributed by atoms with Gasteiger partial charge >= 0.3 is 0 Å². The maximum Gasteiger partial charge on any atom is 0.253 e. The lowest BCUT2D eigenvalue weighted by Gasteiger charge is -2.26. The molecule has 1 fully saturated rings. The second-order valence-corrected chi connectivity index (χ2v) is 3.34. The molecule has 1 aliphatic heterocycles. The van der Waals surface area contributed by atoms with Crippen LogP contribution in [0.15, 0.2) is 12.3 Å². The smallest absolute Gasteiger partial charge is 0.253 e. The minimum Gasteiger partial charge on any atom is -0.383 e. The van der Waals surface area contributed by atoms with Crippen molar-refractivity contribution in [3.63, 3.8) is 0 Å².